The van der Waals surface area contributed by atoms with E-state index >= 15 is 0 Å². The van der Waals surface area contributed by atoms with Crippen molar-refractivity contribution in [3.8, 4) is 5.75 Å². The number of nitrogens with one attached hydrogen (secondary N) is 1. The number of aryl methyl sites for hydroxylation is 1. The van der Waals surface area contributed by atoms with Crippen LogP contribution in [0.15, 0.2) is 30.3 Å². The van der Waals surface area contributed by atoms with Crippen LogP contribution in [0.2, 0.25) is 0 Å². The van der Waals surface area contributed by atoms with Gasteiger partial charge in [0.15, 0.2) is 0 Å². The van der Waals surface area contributed by atoms with E-state index in [0.717, 1.165) is 36.0 Å². The van der Waals surface area contributed by atoms with Crippen molar-refractivity contribution in [2.75, 3.05) is 30.4 Å². The average Bonchev–Trinajstić information content (AvgIpc) is 2.55. The van der Waals surface area contributed by atoms with Gasteiger partial charge in [-0.15, -0.1) is 0 Å². The standard InChI is InChI=1S/C18H24N4O/c1-13-7-6-10-22(12-13)17-11-14(2)19-18(21-17)20-15-8-4-5-9-16(15)23-3/h4-5,8-9,11,13H,6-7,10,12H2,1-3H3,(H,19,20,21). The zero-order valence-corrected chi connectivity index (χ0v) is 14.0. The predicted molar refractivity (Wildman–Crippen MR) is 93.7 cm³/mol. The Labute approximate surface area is 137 Å². The lowest BCUT2D eigenvalue weighted by atomic mass is 10.0. The van der Waals surface area contributed by atoms with Gasteiger partial charge in [-0.1, -0.05) is 19.1 Å². The summed E-state index contributed by atoms with van der Waals surface area (Å²) >= 11 is 0. The van der Waals surface area contributed by atoms with Crippen molar-refractivity contribution < 1.29 is 4.74 Å². The molecule has 1 unspecified atom stereocenters. The molecule has 1 aromatic carbocycles. The summed E-state index contributed by atoms with van der Waals surface area (Å²) in [4.78, 5) is 11.6. The van der Waals surface area contributed by atoms with E-state index in [9.17, 15) is 0 Å². The van der Waals surface area contributed by atoms with E-state index in [1.807, 2.05) is 31.2 Å². The molecule has 0 radical (unpaired) electrons. The summed E-state index contributed by atoms with van der Waals surface area (Å²) in [6.45, 7) is 6.43. The van der Waals surface area contributed by atoms with E-state index in [0.29, 0.717) is 11.9 Å². The molecule has 0 aliphatic carbocycles. The predicted octanol–water partition coefficient (Wildman–Crippen LogP) is 3.77. The fourth-order valence-electron chi connectivity index (χ4n) is 3.04. The molecule has 1 aliphatic heterocycles. The Hall–Kier alpha value is -2.30. The molecule has 23 heavy (non-hydrogen) atoms. The smallest absolute Gasteiger partial charge is 0.229 e. The first-order valence-corrected chi connectivity index (χ1v) is 8.16. The first-order chi connectivity index (χ1) is 11.2. The number of hydrogen-bond donors (Lipinski definition) is 1. The van der Waals surface area contributed by atoms with Crippen LogP contribution in [0.1, 0.15) is 25.5 Å². The highest BCUT2D eigenvalue weighted by Gasteiger charge is 2.18. The van der Waals surface area contributed by atoms with Crippen molar-refractivity contribution in [2.45, 2.75) is 26.7 Å². The average molecular weight is 312 g/mol. The van der Waals surface area contributed by atoms with Crippen LogP contribution >= 0.6 is 0 Å². The molecule has 5 heteroatoms. The maximum atomic E-state index is 5.38. The SMILES string of the molecule is COc1ccccc1Nc1nc(C)cc(N2CCCC(C)C2)n1. The number of benzene rings is 1. The molecule has 1 N–H and O–H groups in total. The third-order valence-electron chi connectivity index (χ3n) is 4.18. The Morgan fingerprint density at radius 3 is 2.87 bits per heavy atom. The van der Waals surface area contributed by atoms with Crippen LogP contribution in [0.25, 0.3) is 0 Å². The zero-order chi connectivity index (χ0) is 16.2. The topological polar surface area (TPSA) is 50.3 Å². The number of anilines is 3. The van der Waals surface area contributed by atoms with Crippen LogP contribution in [0.4, 0.5) is 17.5 Å². The second kappa shape index (κ2) is 6.86. The number of aromatic nitrogens is 2. The van der Waals surface area contributed by atoms with Gasteiger partial charge in [0.05, 0.1) is 12.8 Å². The molecule has 1 aliphatic rings. The Morgan fingerprint density at radius 2 is 2.09 bits per heavy atom. The van der Waals surface area contributed by atoms with E-state index in [4.69, 9.17) is 9.72 Å². The molecule has 1 atom stereocenters. The molecule has 122 valence electrons. The largest absolute Gasteiger partial charge is 0.495 e. The maximum Gasteiger partial charge on any atom is 0.229 e. The number of rotatable bonds is 4. The van der Waals surface area contributed by atoms with Crippen LogP contribution in [0.3, 0.4) is 0 Å². The number of piperidine rings is 1. The van der Waals surface area contributed by atoms with Gasteiger partial charge in [-0.25, -0.2) is 4.98 Å². The Morgan fingerprint density at radius 1 is 1.26 bits per heavy atom. The van der Waals surface area contributed by atoms with E-state index < -0.39 is 0 Å². The quantitative estimate of drug-likeness (QED) is 0.931. The van der Waals surface area contributed by atoms with Crippen molar-refractivity contribution in [1.82, 2.24) is 9.97 Å². The van der Waals surface area contributed by atoms with Crippen LogP contribution in [0, 0.1) is 12.8 Å². The number of hydrogen-bond acceptors (Lipinski definition) is 5. The highest BCUT2D eigenvalue weighted by atomic mass is 16.5. The molecule has 2 aromatic rings. The Balaban J connectivity index is 1.85. The van der Waals surface area contributed by atoms with Crippen molar-refractivity contribution in [1.29, 1.82) is 0 Å². The van der Waals surface area contributed by atoms with Crippen molar-refractivity contribution >= 4 is 17.5 Å². The summed E-state index contributed by atoms with van der Waals surface area (Å²) in [7, 11) is 1.66. The van der Waals surface area contributed by atoms with Gasteiger partial charge in [-0.2, -0.15) is 4.98 Å². The lowest BCUT2D eigenvalue weighted by Gasteiger charge is -2.32. The Kier molecular flexibility index (Phi) is 4.65. The molecule has 1 fully saturated rings. The molecule has 0 amide bonds. The van der Waals surface area contributed by atoms with E-state index in [1.165, 1.54) is 12.8 Å². The summed E-state index contributed by atoms with van der Waals surface area (Å²) < 4.78 is 5.38. The fourth-order valence-corrected chi connectivity index (χ4v) is 3.04. The molecule has 1 aromatic heterocycles. The van der Waals surface area contributed by atoms with Crippen LogP contribution in [-0.2, 0) is 0 Å². The second-order valence-electron chi connectivity index (χ2n) is 6.21. The first-order valence-electron chi connectivity index (χ1n) is 8.16. The maximum absolute atomic E-state index is 5.38. The normalized spacial score (nSPS) is 17.9. The fraction of sp³-hybridized carbons (Fsp3) is 0.444. The molecule has 1 saturated heterocycles. The molecule has 3 rings (SSSR count). The molecule has 5 nitrogen and oxygen atoms in total. The van der Waals surface area contributed by atoms with Gasteiger partial charge in [0, 0.05) is 24.8 Å². The van der Waals surface area contributed by atoms with Crippen molar-refractivity contribution in [3.05, 3.63) is 36.0 Å². The zero-order valence-electron chi connectivity index (χ0n) is 14.0. The van der Waals surface area contributed by atoms with E-state index in [2.05, 4.69) is 28.2 Å². The van der Waals surface area contributed by atoms with E-state index in [-0.39, 0.29) is 0 Å². The van der Waals surface area contributed by atoms with Gasteiger partial charge in [-0.3, -0.25) is 0 Å². The van der Waals surface area contributed by atoms with Crippen molar-refractivity contribution in [2.24, 2.45) is 5.92 Å². The minimum absolute atomic E-state index is 0.614. The number of ether oxygens (including phenoxy) is 1. The van der Waals surface area contributed by atoms with Crippen LogP contribution < -0.4 is 15.0 Å². The summed E-state index contributed by atoms with van der Waals surface area (Å²) in [5.74, 6) is 3.11. The summed E-state index contributed by atoms with van der Waals surface area (Å²) in [6, 6.07) is 9.86. The number of nitrogens with zero attached hydrogens (tertiary/aromatic N) is 3. The van der Waals surface area contributed by atoms with Gasteiger partial charge < -0.3 is 15.0 Å². The molecule has 0 bridgehead atoms. The van der Waals surface area contributed by atoms with Gasteiger partial charge in [0.1, 0.15) is 11.6 Å². The van der Waals surface area contributed by atoms with Crippen molar-refractivity contribution in [3.63, 3.8) is 0 Å². The minimum Gasteiger partial charge on any atom is -0.495 e. The summed E-state index contributed by atoms with van der Waals surface area (Å²) in [5.41, 5.74) is 1.84. The Bertz CT molecular complexity index is 674. The molecular formula is C18H24N4O. The van der Waals surface area contributed by atoms with Gasteiger partial charge in [0.25, 0.3) is 0 Å². The monoisotopic (exact) mass is 312 g/mol. The summed E-state index contributed by atoms with van der Waals surface area (Å²) in [5, 5.41) is 3.28. The first kappa shape index (κ1) is 15.6. The highest BCUT2D eigenvalue weighted by Crippen LogP contribution is 2.27. The van der Waals surface area contributed by atoms with Gasteiger partial charge >= 0.3 is 0 Å². The molecule has 2 heterocycles. The lowest BCUT2D eigenvalue weighted by Crippen LogP contribution is -2.35. The third-order valence-corrected chi connectivity index (χ3v) is 4.18. The van der Waals surface area contributed by atoms with E-state index in [1.54, 1.807) is 7.11 Å². The number of para-hydroxylation sites is 2. The molecule has 0 saturated carbocycles. The van der Waals surface area contributed by atoms with Crippen LogP contribution in [-0.4, -0.2) is 30.2 Å². The lowest BCUT2D eigenvalue weighted by molar-refractivity contribution is 0.417. The van der Waals surface area contributed by atoms with Gasteiger partial charge in [-0.05, 0) is 37.8 Å². The molecule has 0 spiro atoms. The number of methoxy groups -OCH3 is 1. The third kappa shape index (κ3) is 3.73. The minimum atomic E-state index is 0.614. The van der Waals surface area contributed by atoms with Gasteiger partial charge in [0.2, 0.25) is 5.95 Å². The highest BCUT2D eigenvalue weighted by molar-refractivity contribution is 5.63. The van der Waals surface area contributed by atoms with Crippen LogP contribution in [0.5, 0.6) is 5.75 Å². The second-order valence-corrected chi connectivity index (χ2v) is 6.21. The summed E-state index contributed by atoms with van der Waals surface area (Å²) in [6.07, 6.45) is 2.52. The molecular weight excluding hydrogens is 288 g/mol.